The summed E-state index contributed by atoms with van der Waals surface area (Å²) < 4.78 is 2.01. The van der Waals surface area contributed by atoms with E-state index < -0.39 is 0 Å². The Labute approximate surface area is 176 Å². The van der Waals surface area contributed by atoms with Gasteiger partial charge in [0.25, 0.3) is 5.91 Å². The molecule has 2 aromatic rings. The Morgan fingerprint density at radius 3 is 2.44 bits per heavy atom. The van der Waals surface area contributed by atoms with E-state index in [4.69, 9.17) is 0 Å². The average molecular weight is 412 g/mol. The number of rotatable bonds is 4. The molecule has 1 radical (unpaired) electrons. The smallest absolute Gasteiger partial charge is 0.290 e. The zero-order valence-electron chi connectivity index (χ0n) is 15.3. The molecule has 1 aromatic carbocycles. The number of aryl methyl sites for hydroxylation is 2. The van der Waals surface area contributed by atoms with Gasteiger partial charge in [-0.05, 0) is 49.8 Å². The van der Waals surface area contributed by atoms with Gasteiger partial charge in [-0.1, -0.05) is 37.5 Å². The van der Waals surface area contributed by atoms with Gasteiger partial charge in [-0.2, -0.15) is 4.57 Å². The Morgan fingerprint density at radius 1 is 1.08 bits per heavy atom. The van der Waals surface area contributed by atoms with Crippen molar-refractivity contribution < 1.29 is 42.1 Å². The van der Waals surface area contributed by atoms with E-state index in [9.17, 15) is 4.79 Å². The molecule has 3 nitrogen and oxygen atoms in total. The number of carbonyl (C=O) groups excluding carboxylic acids is 1. The standard InChI is InChI=1S/C21H26N2O.Y/c1-16-8-6-9-17(2)21(16)22-20(24)15-23-13-7-12-19(14-23)18-10-4-3-5-11-18;/h6-9,12-14,18H,3-5,10-11,15H2,1-2H3;/p+1. The molecule has 1 aliphatic rings. The maximum Gasteiger partial charge on any atom is 0.290 e. The molecule has 1 aliphatic carbocycles. The molecule has 3 rings (SSSR count). The number of benzene rings is 1. The summed E-state index contributed by atoms with van der Waals surface area (Å²) in [6.07, 6.45) is 10.7. The maximum absolute atomic E-state index is 12.4. The molecule has 129 valence electrons. The van der Waals surface area contributed by atoms with Gasteiger partial charge in [0.05, 0.1) is 0 Å². The predicted molar refractivity (Wildman–Crippen MR) is 97.0 cm³/mol. The summed E-state index contributed by atoms with van der Waals surface area (Å²) in [6.45, 7) is 4.41. The molecule has 1 N–H and O–H groups in total. The van der Waals surface area contributed by atoms with Crippen LogP contribution in [0.15, 0.2) is 42.7 Å². The Bertz CT molecular complexity index is 703. The Kier molecular flexibility index (Phi) is 7.77. The van der Waals surface area contributed by atoms with Gasteiger partial charge in [0.1, 0.15) is 0 Å². The van der Waals surface area contributed by atoms with Gasteiger partial charge in [0, 0.05) is 50.0 Å². The van der Waals surface area contributed by atoms with Crippen LogP contribution >= 0.6 is 0 Å². The van der Waals surface area contributed by atoms with E-state index >= 15 is 0 Å². The molecule has 0 atom stereocenters. The fraction of sp³-hybridized carbons (Fsp3) is 0.429. The number of anilines is 1. The Hall–Kier alpha value is -1.06. The minimum absolute atomic E-state index is 0. The predicted octanol–water partition coefficient (Wildman–Crippen LogP) is 4.27. The second-order valence-electron chi connectivity index (χ2n) is 6.96. The van der Waals surface area contributed by atoms with Crippen LogP contribution in [0.1, 0.15) is 54.7 Å². The molecule has 0 unspecified atom stereocenters. The van der Waals surface area contributed by atoms with E-state index in [2.05, 4.69) is 23.6 Å². The SMILES string of the molecule is Cc1cccc(C)c1NC(=O)C[n+]1cccc(C2CCCCC2)c1.[Y]. The third kappa shape index (κ3) is 5.46. The monoisotopic (exact) mass is 412 g/mol. The summed E-state index contributed by atoms with van der Waals surface area (Å²) in [5.41, 5.74) is 4.51. The molecule has 1 amide bonds. The fourth-order valence-electron chi connectivity index (χ4n) is 3.67. The molecule has 0 spiro atoms. The summed E-state index contributed by atoms with van der Waals surface area (Å²) in [5, 5.41) is 3.07. The molecule has 0 aliphatic heterocycles. The van der Waals surface area contributed by atoms with Crippen molar-refractivity contribution in [3.05, 3.63) is 59.4 Å². The van der Waals surface area contributed by atoms with E-state index in [-0.39, 0.29) is 38.6 Å². The third-order valence-electron chi connectivity index (χ3n) is 5.03. The van der Waals surface area contributed by atoms with Crippen LogP contribution in [0.5, 0.6) is 0 Å². The fourth-order valence-corrected chi connectivity index (χ4v) is 3.67. The third-order valence-corrected chi connectivity index (χ3v) is 5.03. The van der Waals surface area contributed by atoms with Crippen molar-refractivity contribution in [1.82, 2.24) is 0 Å². The summed E-state index contributed by atoms with van der Waals surface area (Å²) in [6, 6.07) is 10.3. The average Bonchev–Trinajstić information content (AvgIpc) is 2.59. The van der Waals surface area contributed by atoms with Gasteiger partial charge < -0.3 is 5.32 Å². The van der Waals surface area contributed by atoms with E-state index in [1.807, 2.05) is 42.8 Å². The molecule has 0 saturated heterocycles. The van der Waals surface area contributed by atoms with Crippen LogP contribution in [0.25, 0.3) is 0 Å². The van der Waals surface area contributed by atoms with Crippen molar-refractivity contribution in [1.29, 1.82) is 0 Å². The summed E-state index contributed by atoms with van der Waals surface area (Å²) in [5.74, 6) is 0.686. The zero-order valence-corrected chi connectivity index (χ0v) is 18.1. The molecule has 1 fully saturated rings. The molecular weight excluding hydrogens is 385 g/mol. The first-order chi connectivity index (χ1) is 11.6. The topological polar surface area (TPSA) is 33.0 Å². The van der Waals surface area contributed by atoms with Crippen LogP contribution in [-0.4, -0.2) is 5.91 Å². The number of amides is 1. The number of hydrogen-bond acceptors (Lipinski definition) is 1. The van der Waals surface area contributed by atoms with Crippen LogP contribution in [0, 0.1) is 13.8 Å². The van der Waals surface area contributed by atoms with Gasteiger partial charge in [-0.15, -0.1) is 0 Å². The van der Waals surface area contributed by atoms with Crippen molar-refractivity contribution in [2.45, 2.75) is 58.4 Å². The number of nitrogens with zero attached hydrogens (tertiary/aromatic N) is 1. The van der Waals surface area contributed by atoms with Gasteiger partial charge in [0.2, 0.25) is 6.54 Å². The van der Waals surface area contributed by atoms with Crippen molar-refractivity contribution in [2.75, 3.05) is 5.32 Å². The Balaban J connectivity index is 0.00000225. The van der Waals surface area contributed by atoms with Gasteiger partial charge in [0.15, 0.2) is 12.4 Å². The molecular formula is C21H27N2OY+. The molecule has 4 heteroatoms. The summed E-state index contributed by atoms with van der Waals surface area (Å²) in [7, 11) is 0. The number of hydrogen-bond donors (Lipinski definition) is 1. The molecule has 1 saturated carbocycles. The van der Waals surface area contributed by atoms with Gasteiger partial charge in [-0.3, -0.25) is 4.79 Å². The van der Waals surface area contributed by atoms with Crippen molar-refractivity contribution in [3.63, 3.8) is 0 Å². The minimum Gasteiger partial charge on any atom is -0.320 e. The molecule has 25 heavy (non-hydrogen) atoms. The number of para-hydroxylation sites is 1. The van der Waals surface area contributed by atoms with Gasteiger partial charge in [-0.25, -0.2) is 0 Å². The van der Waals surface area contributed by atoms with Crippen LogP contribution in [-0.2, 0) is 44.0 Å². The first-order valence-corrected chi connectivity index (χ1v) is 8.98. The van der Waals surface area contributed by atoms with Gasteiger partial charge >= 0.3 is 0 Å². The van der Waals surface area contributed by atoms with Crippen LogP contribution in [0.4, 0.5) is 5.69 Å². The molecule has 1 heterocycles. The first kappa shape index (κ1) is 20.3. The van der Waals surface area contributed by atoms with Crippen LogP contribution in [0.2, 0.25) is 0 Å². The van der Waals surface area contributed by atoms with Crippen LogP contribution < -0.4 is 9.88 Å². The number of carbonyl (C=O) groups is 1. The normalized spacial score (nSPS) is 14.6. The maximum atomic E-state index is 12.4. The number of pyridine rings is 1. The van der Waals surface area contributed by atoms with E-state index in [0.717, 1.165) is 16.8 Å². The quantitative estimate of drug-likeness (QED) is 0.748. The van der Waals surface area contributed by atoms with E-state index in [1.54, 1.807) is 0 Å². The van der Waals surface area contributed by atoms with E-state index in [0.29, 0.717) is 12.5 Å². The zero-order chi connectivity index (χ0) is 16.9. The van der Waals surface area contributed by atoms with Crippen molar-refractivity contribution in [3.8, 4) is 0 Å². The van der Waals surface area contributed by atoms with Crippen molar-refractivity contribution >= 4 is 11.6 Å². The largest absolute Gasteiger partial charge is 0.320 e. The summed E-state index contributed by atoms with van der Waals surface area (Å²) >= 11 is 0. The Morgan fingerprint density at radius 2 is 1.76 bits per heavy atom. The minimum atomic E-state index is 0. The van der Waals surface area contributed by atoms with E-state index in [1.165, 1.54) is 37.7 Å². The number of aromatic nitrogens is 1. The molecule has 0 bridgehead atoms. The molecule has 1 aromatic heterocycles. The number of nitrogens with one attached hydrogen (secondary N) is 1. The second kappa shape index (κ2) is 9.59. The van der Waals surface area contributed by atoms with Crippen molar-refractivity contribution in [2.24, 2.45) is 0 Å². The first-order valence-electron chi connectivity index (χ1n) is 8.98. The second-order valence-corrected chi connectivity index (χ2v) is 6.96. The van der Waals surface area contributed by atoms with Crippen LogP contribution in [0.3, 0.4) is 0 Å². The summed E-state index contributed by atoms with van der Waals surface area (Å²) in [4.78, 5) is 12.4.